The fourth-order valence-electron chi connectivity index (χ4n) is 2.89. The van der Waals surface area contributed by atoms with Crippen LogP contribution in [0.5, 0.6) is 0 Å². The van der Waals surface area contributed by atoms with Gasteiger partial charge in [-0.2, -0.15) is 0 Å². The van der Waals surface area contributed by atoms with Crippen LogP contribution in [0.2, 0.25) is 0 Å². The summed E-state index contributed by atoms with van der Waals surface area (Å²) in [4.78, 5) is 37.5. The Bertz CT molecular complexity index is 524. The average Bonchev–Trinajstić information content (AvgIpc) is 2.56. The first-order chi connectivity index (χ1) is 11.5. The minimum Gasteiger partial charge on any atom is -0.466 e. The molecule has 24 heavy (non-hydrogen) atoms. The van der Waals surface area contributed by atoms with Crippen molar-refractivity contribution in [2.45, 2.75) is 26.7 Å². The molecule has 0 unspecified atom stereocenters. The maximum atomic E-state index is 12.0. The number of hydrogen-bond acceptors (Lipinski definition) is 6. The second-order valence-corrected chi connectivity index (χ2v) is 5.79. The molecule has 0 aromatic heterocycles. The predicted octanol–water partition coefficient (Wildman–Crippen LogP) is 0.392. The second kappa shape index (κ2) is 8.68. The Labute approximate surface area is 141 Å². The van der Waals surface area contributed by atoms with Gasteiger partial charge in [0.2, 0.25) is 0 Å². The number of nitrogens with one attached hydrogen (secondary N) is 2. The molecule has 0 atom stereocenters. The van der Waals surface area contributed by atoms with Crippen LogP contribution in [0.25, 0.3) is 0 Å². The number of likely N-dealkylation sites (tertiary alicyclic amines) is 1. The van der Waals surface area contributed by atoms with E-state index in [-0.39, 0.29) is 31.1 Å². The number of piperidine rings is 1. The summed E-state index contributed by atoms with van der Waals surface area (Å²) in [6, 6.07) is -0.320. The average molecular weight is 339 g/mol. The van der Waals surface area contributed by atoms with Crippen molar-refractivity contribution in [3.8, 4) is 0 Å². The van der Waals surface area contributed by atoms with Gasteiger partial charge in [-0.15, -0.1) is 0 Å². The molecule has 1 saturated heterocycles. The lowest BCUT2D eigenvalue weighted by molar-refractivity contribution is -0.149. The first kappa shape index (κ1) is 18.3. The van der Waals surface area contributed by atoms with Crippen molar-refractivity contribution in [1.29, 1.82) is 0 Å². The molecule has 8 nitrogen and oxygen atoms in total. The third kappa shape index (κ3) is 4.70. The van der Waals surface area contributed by atoms with Crippen molar-refractivity contribution in [2.75, 3.05) is 39.4 Å². The van der Waals surface area contributed by atoms with Crippen LogP contribution >= 0.6 is 0 Å². The highest BCUT2D eigenvalue weighted by Crippen LogP contribution is 2.20. The summed E-state index contributed by atoms with van der Waals surface area (Å²) < 4.78 is 10.1. The fourth-order valence-corrected chi connectivity index (χ4v) is 2.89. The lowest BCUT2D eigenvalue weighted by atomic mass is 9.96. The molecule has 0 aliphatic carbocycles. The molecule has 2 heterocycles. The molecule has 0 saturated carbocycles. The summed E-state index contributed by atoms with van der Waals surface area (Å²) in [5, 5.41) is 5.29. The van der Waals surface area contributed by atoms with Gasteiger partial charge in [0, 0.05) is 12.2 Å². The third-order valence-corrected chi connectivity index (χ3v) is 4.17. The summed E-state index contributed by atoms with van der Waals surface area (Å²) in [5.74, 6) is -0.623. The maximum Gasteiger partial charge on any atom is 0.337 e. The Kier molecular flexibility index (Phi) is 6.60. The zero-order valence-electron chi connectivity index (χ0n) is 14.2. The predicted molar refractivity (Wildman–Crippen MR) is 86.0 cm³/mol. The van der Waals surface area contributed by atoms with Gasteiger partial charge in [-0.3, -0.25) is 9.69 Å². The first-order valence-corrected chi connectivity index (χ1v) is 8.38. The van der Waals surface area contributed by atoms with Crippen molar-refractivity contribution in [3.05, 3.63) is 11.3 Å². The zero-order valence-corrected chi connectivity index (χ0v) is 14.2. The largest absolute Gasteiger partial charge is 0.466 e. The quantitative estimate of drug-likeness (QED) is 0.680. The normalized spacial score (nSPS) is 19.5. The Balaban J connectivity index is 1.96. The number of urea groups is 1. The van der Waals surface area contributed by atoms with Crippen LogP contribution in [0.1, 0.15) is 26.7 Å². The van der Waals surface area contributed by atoms with Gasteiger partial charge in [0.1, 0.15) is 0 Å². The van der Waals surface area contributed by atoms with E-state index in [1.807, 2.05) is 0 Å². The van der Waals surface area contributed by atoms with E-state index in [2.05, 4.69) is 15.5 Å². The van der Waals surface area contributed by atoms with Crippen molar-refractivity contribution < 1.29 is 23.9 Å². The molecule has 2 rings (SSSR count). The summed E-state index contributed by atoms with van der Waals surface area (Å²) in [6.45, 7) is 6.28. The number of carbonyl (C=O) groups is 3. The molecule has 134 valence electrons. The van der Waals surface area contributed by atoms with Crippen molar-refractivity contribution in [2.24, 2.45) is 5.92 Å². The number of amides is 2. The molecule has 0 bridgehead atoms. The van der Waals surface area contributed by atoms with E-state index in [0.717, 1.165) is 0 Å². The van der Waals surface area contributed by atoms with Crippen LogP contribution in [-0.4, -0.2) is 62.3 Å². The summed E-state index contributed by atoms with van der Waals surface area (Å²) in [5.41, 5.74) is 1.02. The number of hydrogen-bond donors (Lipinski definition) is 2. The minimum atomic E-state index is -0.415. The Hall–Kier alpha value is -2.09. The number of ether oxygens (including phenoxy) is 2. The topological polar surface area (TPSA) is 97.0 Å². The maximum absolute atomic E-state index is 12.0. The van der Waals surface area contributed by atoms with Gasteiger partial charge in [0.25, 0.3) is 0 Å². The third-order valence-electron chi connectivity index (χ3n) is 4.17. The molecule has 2 aliphatic heterocycles. The van der Waals surface area contributed by atoms with E-state index < -0.39 is 5.97 Å². The molecule has 2 aliphatic rings. The molecule has 0 spiro atoms. The Morgan fingerprint density at radius 1 is 1.17 bits per heavy atom. The molecule has 0 aromatic carbocycles. The van der Waals surface area contributed by atoms with Gasteiger partial charge >= 0.3 is 18.0 Å². The first-order valence-electron chi connectivity index (χ1n) is 8.38. The van der Waals surface area contributed by atoms with E-state index >= 15 is 0 Å². The summed E-state index contributed by atoms with van der Waals surface area (Å²) in [6.07, 6.45) is 1.43. The van der Waals surface area contributed by atoms with Crippen molar-refractivity contribution in [3.63, 3.8) is 0 Å². The van der Waals surface area contributed by atoms with Gasteiger partial charge < -0.3 is 20.1 Å². The molecule has 0 aromatic rings. The number of esters is 2. The van der Waals surface area contributed by atoms with Gasteiger partial charge in [-0.25, -0.2) is 9.59 Å². The van der Waals surface area contributed by atoms with E-state index in [0.29, 0.717) is 50.4 Å². The van der Waals surface area contributed by atoms with Crippen LogP contribution in [0, 0.1) is 5.92 Å². The fraction of sp³-hybridized carbons (Fsp3) is 0.688. The highest BCUT2D eigenvalue weighted by molar-refractivity contribution is 5.93. The van der Waals surface area contributed by atoms with E-state index in [1.54, 1.807) is 13.8 Å². The van der Waals surface area contributed by atoms with Gasteiger partial charge in [-0.05, 0) is 39.8 Å². The standard InChI is InChI=1S/C16H25N3O5/c1-3-23-14(20)11-5-7-19(8-6-11)10-13-12(15(21)24-4-2)9-17-16(22)18-13/h11H,3-10H2,1-2H3,(H2,17,18,22). The molecule has 8 heteroatoms. The van der Waals surface area contributed by atoms with Crippen LogP contribution in [0.4, 0.5) is 4.79 Å². The highest BCUT2D eigenvalue weighted by atomic mass is 16.5. The molecular formula is C16H25N3O5. The molecular weight excluding hydrogens is 314 g/mol. The number of rotatable bonds is 6. The van der Waals surface area contributed by atoms with Gasteiger partial charge in [0.15, 0.2) is 0 Å². The van der Waals surface area contributed by atoms with Crippen molar-refractivity contribution >= 4 is 18.0 Å². The van der Waals surface area contributed by atoms with Crippen LogP contribution in [0.15, 0.2) is 11.3 Å². The highest BCUT2D eigenvalue weighted by Gasteiger charge is 2.29. The summed E-state index contributed by atoms with van der Waals surface area (Å²) in [7, 11) is 0. The van der Waals surface area contributed by atoms with Crippen LogP contribution in [0.3, 0.4) is 0 Å². The van der Waals surface area contributed by atoms with E-state index in [9.17, 15) is 14.4 Å². The zero-order chi connectivity index (χ0) is 17.5. The molecule has 2 amide bonds. The SMILES string of the molecule is CCOC(=O)C1=C(CN2CCC(C(=O)OCC)CC2)NC(=O)NC1. The van der Waals surface area contributed by atoms with Crippen LogP contribution < -0.4 is 10.6 Å². The lowest BCUT2D eigenvalue weighted by Crippen LogP contribution is -2.48. The van der Waals surface area contributed by atoms with Crippen LogP contribution in [-0.2, 0) is 19.1 Å². The van der Waals surface area contributed by atoms with Crippen molar-refractivity contribution in [1.82, 2.24) is 15.5 Å². The van der Waals surface area contributed by atoms with E-state index in [4.69, 9.17) is 9.47 Å². The molecule has 0 radical (unpaired) electrons. The van der Waals surface area contributed by atoms with Gasteiger partial charge in [0.05, 0.1) is 31.2 Å². The monoisotopic (exact) mass is 339 g/mol. The Morgan fingerprint density at radius 3 is 2.46 bits per heavy atom. The minimum absolute atomic E-state index is 0.0673. The molecule has 2 N–H and O–H groups in total. The second-order valence-electron chi connectivity index (χ2n) is 5.79. The van der Waals surface area contributed by atoms with E-state index in [1.165, 1.54) is 0 Å². The smallest absolute Gasteiger partial charge is 0.337 e. The molecule has 1 fully saturated rings. The lowest BCUT2D eigenvalue weighted by Gasteiger charge is -2.32. The summed E-state index contributed by atoms with van der Waals surface area (Å²) >= 11 is 0. The Morgan fingerprint density at radius 2 is 1.83 bits per heavy atom. The number of nitrogens with zero attached hydrogens (tertiary/aromatic N) is 1. The number of carbonyl (C=O) groups excluding carboxylic acids is 3. The van der Waals surface area contributed by atoms with Gasteiger partial charge in [-0.1, -0.05) is 0 Å².